The summed E-state index contributed by atoms with van der Waals surface area (Å²) < 4.78 is 43.6. The second-order valence-corrected chi connectivity index (χ2v) is 10.8. The third kappa shape index (κ3) is 6.58. The van der Waals surface area contributed by atoms with E-state index in [9.17, 15) is 18.0 Å². The Labute approximate surface area is 226 Å². The molecule has 2 aromatic heterocycles. The standard InChI is InChI=1S/C30H34F3N5O/c1-5-37-26(36-38(28(37)39)19-21-11-15-23(16-12-21)29(2,3)4)8-6-7-20-9-13-22(14-10-20)27-25(30(31,32)33)17-24(34)18-35-27/h9-18H,5-8,19,34H2,1-4H3. The van der Waals surface area contributed by atoms with Crippen LogP contribution in [0.3, 0.4) is 0 Å². The van der Waals surface area contributed by atoms with Gasteiger partial charge < -0.3 is 5.73 Å². The summed E-state index contributed by atoms with van der Waals surface area (Å²) in [6.45, 7) is 9.35. The lowest BCUT2D eigenvalue weighted by Gasteiger charge is -2.19. The van der Waals surface area contributed by atoms with Crippen molar-refractivity contribution in [3.05, 3.63) is 99.4 Å². The van der Waals surface area contributed by atoms with Crippen LogP contribution in [-0.4, -0.2) is 19.3 Å². The van der Waals surface area contributed by atoms with Gasteiger partial charge in [0.15, 0.2) is 0 Å². The Balaban J connectivity index is 1.43. The van der Waals surface area contributed by atoms with Gasteiger partial charge in [0.2, 0.25) is 0 Å². The van der Waals surface area contributed by atoms with Gasteiger partial charge in [-0.15, -0.1) is 0 Å². The number of benzene rings is 2. The van der Waals surface area contributed by atoms with Crippen molar-refractivity contribution >= 4 is 5.69 Å². The molecule has 206 valence electrons. The molecule has 0 unspecified atom stereocenters. The molecular formula is C30H34F3N5O. The third-order valence-corrected chi connectivity index (χ3v) is 6.78. The van der Waals surface area contributed by atoms with Crippen LogP contribution in [0.4, 0.5) is 18.9 Å². The smallest absolute Gasteiger partial charge is 0.397 e. The molecule has 4 rings (SSSR count). The van der Waals surface area contributed by atoms with Gasteiger partial charge in [-0.2, -0.15) is 18.3 Å². The van der Waals surface area contributed by atoms with Crippen molar-refractivity contribution in [3.63, 3.8) is 0 Å². The second kappa shape index (κ2) is 11.1. The summed E-state index contributed by atoms with van der Waals surface area (Å²) in [5.74, 6) is 0.728. The first-order valence-electron chi connectivity index (χ1n) is 13.0. The number of hydrogen-bond acceptors (Lipinski definition) is 4. The molecule has 0 spiro atoms. The molecule has 0 saturated heterocycles. The highest BCUT2D eigenvalue weighted by atomic mass is 19.4. The van der Waals surface area contributed by atoms with Crippen molar-refractivity contribution in [2.24, 2.45) is 0 Å². The predicted molar refractivity (Wildman–Crippen MR) is 148 cm³/mol. The van der Waals surface area contributed by atoms with Crippen molar-refractivity contribution in [1.29, 1.82) is 0 Å². The third-order valence-electron chi connectivity index (χ3n) is 6.78. The van der Waals surface area contributed by atoms with Crippen LogP contribution >= 0.6 is 0 Å². The van der Waals surface area contributed by atoms with E-state index in [4.69, 9.17) is 5.73 Å². The lowest BCUT2D eigenvalue weighted by Crippen LogP contribution is -2.25. The molecule has 0 radical (unpaired) electrons. The molecule has 6 nitrogen and oxygen atoms in total. The number of nitrogen functional groups attached to an aromatic ring is 1. The number of hydrogen-bond donors (Lipinski definition) is 1. The molecule has 0 saturated carbocycles. The first-order valence-corrected chi connectivity index (χ1v) is 13.0. The van der Waals surface area contributed by atoms with Crippen molar-refractivity contribution in [3.8, 4) is 11.3 Å². The Hall–Kier alpha value is -3.88. The zero-order valence-corrected chi connectivity index (χ0v) is 22.7. The van der Waals surface area contributed by atoms with Crippen LogP contribution in [0.2, 0.25) is 0 Å². The van der Waals surface area contributed by atoms with Crippen LogP contribution < -0.4 is 11.4 Å². The van der Waals surface area contributed by atoms with Gasteiger partial charge in [-0.3, -0.25) is 9.55 Å². The van der Waals surface area contributed by atoms with E-state index in [0.717, 1.165) is 29.4 Å². The van der Waals surface area contributed by atoms with Gasteiger partial charge in [-0.05, 0) is 47.9 Å². The molecule has 9 heteroatoms. The molecule has 0 fully saturated rings. The Bertz CT molecular complexity index is 1480. The minimum atomic E-state index is -4.55. The summed E-state index contributed by atoms with van der Waals surface area (Å²) >= 11 is 0. The summed E-state index contributed by atoms with van der Waals surface area (Å²) in [6, 6.07) is 16.1. The maximum atomic E-state index is 13.5. The summed E-state index contributed by atoms with van der Waals surface area (Å²) in [4.78, 5) is 16.9. The molecule has 4 aromatic rings. The Kier molecular flexibility index (Phi) is 7.99. The van der Waals surface area contributed by atoms with Crippen LogP contribution in [0.5, 0.6) is 0 Å². The number of nitrogens with two attached hydrogens (primary N) is 1. The van der Waals surface area contributed by atoms with Gasteiger partial charge in [-0.25, -0.2) is 9.48 Å². The molecule has 0 atom stereocenters. The van der Waals surface area contributed by atoms with Crippen molar-refractivity contribution in [2.75, 3.05) is 5.73 Å². The average Bonchev–Trinajstić information content (AvgIpc) is 3.17. The largest absolute Gasteiger partial charge is 0.418 e. The number of alkyl halides is 3. The van der Waals surface area contributed by atoms with E-state index in [1.54, 1.807) is 28.8 Å². The molecule has 2 aromatic carbocycles. The number of anilines is 1. The summed E-state index contributed by atoms with van der Waals surface area (Å²) in [5, 5.41) is 4.61. The highest BCUT2D eigenvalue weighted by molar-refractivity contribution is 5.66. The molecule has 0 aliphatic rings. The van der Waals surface area contributed by atoms with E-state index in [1.165, 1.54) is 16.4 Å². The number of pyridine rings is 1. The lowest BCUT2D eigenvalue weighted by molar-refractivity contribution is -0.137. The van der Waals surface area contributed by atoms with Gasteiger partial charge in [0.05, 0.1) is 29.7 Å². The van der Waals surface area contributed by atoms with Gasteiger partial charge in [0.1, 0.15) is 5.82 Å². The van der Waals surface area contributed by atoms with Crippen LogP contribution in [0.25, 0.3) is 11.3 Å². The fourth-order valence-corrected chi connectivity index (χ4v) is 4.58. The van der Waals surface area contributed by atoms with Crippen molar-refractivity contribution in [2.45, 2.75) is 71.6 Å². The predicted octanol–water partition coefficient (Wildman–Crippen LogP) is 6.25. The maximum absolute atomic E-state index is 13.5. The zero-order chi connectivity index (χ0) is 28.4. The van der Waals surface area contributed by atoms with Gasteiger partial charge in [0.25, 0.3) is 0 Å². The SMILES string of the molecule is CCn1c(CCCc2ccc(-c3ncc(N)cc3C(F)(F)F)cc2)nn(Cc2ccc(C(C)(C)C)cc2)c1=O. The molecule has 0 aliphatic heterocycles. The fraction of sp³-hybridized carbons (Fsp3) is 0.367. The van der Waals surface area contributed by atoms with E-state index in [-0.39, 0.29) is 22.5 Å². The highest BCUT2D eigenvalue weighted by Gasteiger charge is 2.34. The number of aromatic nitrogens is 4. The molecular weight excluding hydrogens is 503 g/mol. The molecule has 2 heterocycles. The first-order chi connectivity index (χ1) is 18.4. The monoisotopic (exact) mass is 537 g/mol. The van der Waals surface area contributed by atoms with Crippen LogP contribution in [0.15, 0.2) is 65.6 Å². The minimum absolute atomic E-state index is 0.0332. The Morgan fingerprint density at radius 1 is 0.923 bits per heavy atom. The molecule has 39 heavy (non-hydrogen) atoms. The highest BCUT2D eigenvalue weighted by Crippen LogP contribution is 2.37. The minimum Gasteiger partial charge on any atom is -0.397 e. The summed E-state index contributed by atoms with van der Waals surface area (Å²) in [5.41, 5.74) is 8.03. The van der Waals surface area contributed by atoms with E-state index in [0.29, 0.717) is 31.5 Å². The van der Waals surface area contributed by atoms with Crippen molar-refractivity contribution in [1.82, 2.24) is 19.3 Å². The Morgan fingerprint density at radius 3 is 2.15 bits per heavy atom. The van der Waals surface area contributed by atoms with Gasteiger partial charge in [0, 0.05) is 18.5 Å². The summed E-state index contributed by atoms with van der Waals surface area (Å²) in [6.07, 6.45) is -1.28. The fourth-order valence-electron chi connectivity index (χ4n) is 4.58. The topological polar surface area (TPSA) is 78.7 Å². The lowest BCUT2D eigenvalue weighted by atomic mass is 9.87. The molecule has 2 N–H and O–H groups in total. The zero-order valence-electron chi connectivity index (χ0n) is 22.7. The number of nitrogens with zero attached hydrogens (tertiary/aromatic N) is 4. The second-order valence-electron chi connectivity index (χ2n) is 10.8. The van der Waals surface area contributed by atoms with E-state index in [1.807, 2.05) is 19.1 Å². The van der Waals surface area contributed by atoms with Crippen LogP contribution in [-0.2, 0) is 37.5 Å². The molecule has 0 bridgehead atoms. The van der Waals surface area contributed by atoms with Gasteiger partial charge in [-0.1, -0.05) is 69.3 Å². The van der Waals surface area contributed by atoms with Gasteiger partial charge >= 0.3 is 11.9 Å². The number of halogens is 3. The quantitative estimate of drug-likeness (QED) is 0.288. The van der Waals surface area contributed by atoms with E-state index >= 15 is 0 Å². The van der Waals surface area contributed by atoms with Crippen molar-refractivity contribution < 1.29 is 13.2 Å². The number of aryl methyl sites for hydroxylation is 2. The number of rotatable bonds is 8. The van der Waals surface area contributed by atoms with Crippen LogP contribution in [0.1, 0.15) is 62.2 Å². The average molecular weight is 538 g/mol. The van der Waals surface area contributed by atoms with E-state index < -0.39 is 11.7 Å². The Morgan fingerprint density at radius 2 is 1.56 bits per heavy atom. The normalized spacial score (nSPS) is 12.2. The van der Waals surface area contributed by atoms with Crippen LogP contribution in [0, 0.1) is 0 Å². The molecule has 0 amide bonds. The van der Waals surface area contributed by atoms with E-state index in [2.05, 4.69) is 43.0 Å². The summed E-state index contributed by atoms with van der Waals surface area (Å²) in [7, 11) is 0. The molecule has 0 aliphatic carbocycles. The first kappa shape index (κ1) is 28.1. The maximum Gasteiger partial charge on any atom is 0.418 e.